The van der Waals surface area contributed by atoms with Crippen LogP contribution in [0.4, 0.5) is 0 Å². The topological polar surface area (TPSA) is 69.7 Å². The summed E-state index contributed by atoms with van der Waals surface area (Å²) < 4.78 is 10.6. The highest BCUT2D eigenvalue weighted by Crippen LogP contribution is 2.33. The molecule has 0 bridgehead atoms. The molecule has 0 spiro atoms. The Balaban J connectivity index is 1.83. The molecule has 140 valence electrons. The average molecular weight is 366 g/mol. The number of ketones is 1. The number of hydrogen-bond acceptors (Lipinski definition) is 5. The number of cyclic esters (lactones) is 1. The number of hydrogen-bond donors (Lipinski definition) is 0. The van der Waals surface area contributed by atoms with Crippen molar-refractivity contribution in [2.24, 2.45) is 5.41 Å². The smallest absolute Gasteiger partial charge is 0.348 e. The van der Waals surface area contributed by atoms with Crippen LogP contribution in [0.3, 0.4) is 0 Å². The van der Waals surface area contributed by atoms with E-state index >= 15 is 0 Å². The fourth-order valence-corrected chi connectivity index (χ4v) is 3.08. The van der Waals surface area contributed by atoms with Gasteiger partial charge in [0, 0.05) is 17.4 Å². The first-order valence-electron chi connectivity index (χ1n) is 8.89. The van der Waals surface area contributed by atoms with Crippen LogP contribution in [0, 0.1) is 5.41 Å². The lowest BCUT2D eigenvalue weighted by atomic mass is 9.88. The normalized spacial score (nSPS) is 19.2. The summed E-state index contributed by atoms with van der Waals surface area (Å²) in [7, 11) is 0. The third kappa shape index (κ3) is 4.25. The van der Waals surface area contributed by atoms with E-state index in [-0.39, 0.29) is 18.8 Å². The van der Waals surface area contributed by atoms with E-state index in [0.717, 1.165) is 0 Å². The maximum atomic E-state index is 12.9. The number of benzene rings is 2. The molecule has 5 heteroatoms. The van der Waals surface area contributed by atoms with Crippen LogP contribution in [-0.4, -0.2) is 30.4 Å². The summed E-state index contributed by atoms with van der Waals surface area (Å²) in [5, 5.41) is 0. The van der Waals surface area contributed by atoms with Gasteiger partial charge in [-0.2, -0.15) is 0 Å². The summed E-state index contributed by atoms with van der Waals surface area (Å²) >= 11 is 0. The van der Waals surface area contributed by atoms with Gasteiger partial charge in [-0.3, -0.25) is 9.59 Å². The predicted octanol–water partition coefficient (Wildman–Crippen LogP) is 3.54. The monoisotopic (exact) mass is 366 g/mol. The highest BCUT2D eigenvalue weighted by molar-refractivity contribution is 5.99. The van der Waals surface area contributed by atoms with Crippen molar-refractivity contribution in [3.8, 4) is 0 Å². The van der Waals surface area contributed by atoms with Gasteiger partial charge in [0.25, 0.3) is 0 Å². The van der Waals surface area contributed by atoms with Crippen molar-refractivity contribution >= 4 is 17.7 Å². The van der Waals surface area contributed by atoms with Crippen molar-refractivity contribution in [3.05, 3.63) is 71.8 Å². The minimum absolute atomic E-state index is 0.0327. The van der Waals surface area contributed by atoms with Gasteiger partial charge in [-0.05, 0) is 5.56 Å². The van der Waals surface area contributed by atoms with Crippen molar-refractivity contribution in [2.45, 2.75) is 32.3 Å². The predicted molar refractivity (Wildman–Crippen MR) is 99.2 cm³/mol. The lowest BCUT2D eigenvalue weighted by Crippen LogP contribution is -2.36. The molecule has 0 amide bonds. The standard InChI is InChI=1S/C22H22O5/c1-22(2)14-26-21(25)19(22)27-20(24)17(15-9-5-3-6-10-15)13-18(23)16-11-7-4-8-12-16/h3-12,17,19H,13-14H2,1-2H3. The zero-order valence-corrected chi connectivity index (χ0v) is 15.4. The summed E-state index contributed by atoms with van der Waals surface area (Å²) in [5.74, 6) is -2.09. The van der Waals surface area contributed by atoms with Gasteiger partial charge in [0.05, 0.1) is 5.92 Å². The molecule has 1 aliphatic rings. The summed E-state index contributed by atoms with van der Waals surface area (Å²) in [6, 6.07) is 17.8. The van der Waals surface area contributed by atoms with Gasteiger partial charge in [0.2, 0.25) is 6.10 Å². The van der Waals surface area contributed by atoms with Crippen molar-refractivity contribution in [1.82, 2.24) is 0 Å². The first-order valence-corrected chi connectivity index (χ1v) is 8.89. The molecule has 5 nitrogen and oxygen atoms in total. The second kappa shape index (κ2) is 7.74. The summed E-state index contributed by atoms with van der Waals surface area (Å²) in [5.41, 5.74) is 0.611. The fraction of sp³-hybridized carbons (Fsp3) is 0.318. The summed E-state index contributed by atoms with van der Waals surface area (Å²) in [6.07, 6.45) is -1.00. The molecule has 0 saturated carbocycles. The van der Waals surface area contributed by atoms with Crippen molar-refractivity contribution < 1.29 is 23.9 Å². The SMILES string of the molecule is CC1(C)COC(=O)C1OC(=O)C(CC(=O)c1ccccc1)c1ccccc1. The van der Waals surface area contributed by atoms with Gasteiger partial charge in [-0.25, -0.2) is 4.79 Å². The van der Waals surface area contributed by atoms with Crippen LogP contribution in [0.2, 0.25) is 0 Å². The first kappa shape index (κ1) is 18.8. The van der Waals surface area contributed by atoms with Crippen LogP contribution in [-0.2, 0) is 19.1 Å². The lowest BCUT2D eigenvalue weighted by Gasteiger charge is -2.24. The number of esters is 2. The number of rotatable bonds is 6. The Bertz CT molecular complexity index is 826. The van der Waals surface area contributed by atoms with Crippen LogP contribution < -0.4 is 0 Å². The quantitative estimate of drug-likeness (QED) is 0.578. The third-order valence-corrected chi connectivity index (χ3v) is 4.72. The minimum atomic E-state index is -0.969. The Labute approximate surface area is 158 Å². The summed E-state index contributed by atoms with van der Waals surface area (Å²) in [6.45, 7) is 3.81. The number of carbonyl (C=O) groups is 3. The highest BCUT2D eigenvalue weighted by atomic mass is 16.6. The zero-order chi connectivity index (χ0) is 19.4. The average Bonchev–Trinajstić information content (AvgIpc) is 2.94. The van der Waals surface area contributed by atoms with E-state index in [9.17, 15) is 14.4 Å². The van der Waals surface area contributed by atoms with E-state index in [1.165, 1.54) is 0 Å². The van der Waals surface area contributed by atoms with Gasteiger partial charge >= 0.3 is 11.9 Å². The molecule has 0 N–H and O–H groups in total. The van der Waals surface area contributed by atoms with E-state index < -0.39 is 29.4 Å². The van der Waals surface area contributed by atoms with Gasteiger partial charge in [-0.1, -0.05) is 74.5 Å². The molecule has 2 atom stereocenters. The number of Topliss-reactive ketones (excluding diaryl/α,β-unsaturated/α-hetero) is 1. The first-order chi connectivity index (χ1) is 12.9. The lowest BCUT2D eigenvalue weighted by molar-refractivity contribution is -0.164. The molecular formula is C22H22O5. The highest BCUT2D eigenvalue weighted by Gasteiger charge is 2.47. The van der Waals surface area contributed by atoms with Gasteiger partial charge in [-0.15, -0.1) is 0 Å². The molecular weight excluding hydrogens is 344 g/mol. The molecule has 2 aromatic rings. The molecule has 2 aromatic carbocycles. The molecule has 1 saturated heterocycles. The summed E-state index contributed by atoms with van der Waals surface area (Å²) in [4.78, 5) is 37.5. The Morgan fingerprint density at radius 3 is 2.22 bits per heavy atom. The maximum absolute atomic E-state index is 12.9. The van der Waals surface area contributed by atoms with Gasteiger partial charge < -0.3 is 9.47 Å². The molecule has 0 aliphatic carbocycles. The Kier molecular flexibility index (Phi) is 5.40. The van der Waals surface area contributed by atoms with Gasteiger partial charge in [0.15, 0.2) is 5.78 Å². The minimum Gasteiger partial charge on any atom is -0.462 e. The number of carbonyl (C=O) groups excluding carboxylic acids is 3. The molecule has 27 heavy (non-hydrogen) atoms. The second-order valence-corrected chi connectivity index (χ2v) is 7.37. The van der Waals surface area contributed by atoms with E-state index in [1.807, 2.05) is 26.0 Å². The molecule has 1 fully saturated rings. The van der Waals surface area contributed by atoms with Crippen LogP contribution in [0.25, 0.3) is 0 Å². The third-order valence-electron chi connectivity index (χ3n) is 4.72. The van der Waals surface area contributed by atoms with E-state index in [4.69, 9.17) is 9.47 Å². The molecule has 1 heterocycles. The largest absolute Gasteiger partial charge is 0.462 e. The Hall–Kier alpha value is -2.95. The molecule has 1 aliphatic heterocycles. The Morgan fingerprint density at radius 2 is 1.67 bits per heavy atom. The van der Waals surface area contributed by atoms with Crippen molar-refractivity contribution in [3.63, 3.8) is 0 Å². The molecule has 3 rings (SSSR count). The van der Waals surface area contributed by atoms with Crippen LogP contribution in [0.1, 0.15) is 42.1 Å². The number of ether oxygens (including phenoxy) is 2. The molecule has 0 radical (unpaired) electrons. The second-order valence-electron chi connectivity index (χ2n) is 7.37. The maximum Gasteiger partial charge on any atom is 0.348 e. The zero-order valence-electron chi connectivity index (χ0n) is 15.4. The van der Waals surface area contributed by atoms with E-state index in [0.29, 0.717) is 11.1 Å². The van der Waals surface area contributed by atoms with Crippen molar-refractivity contribution in [2.75, 3.05) is 6.61 Å². The van der Waals surface area contributed by atoms with Crippen LogP contribution in [0.15, 0.2) is 60.7 Å². The van der Waals surface area contributed by atoms with E-state index in [1.54, 1.807) is 48.5 Å². The molecule has 0 aromatic heterocycles. The fourth-order valence-electron chi connectivity index (χ4n) is 3.08. The van der Waals surface area contributed by atoms with Crippen molar-refractivity contribution in [1.29, 1.82) is 0 Å². The Morgan fingerprint density at radius 1 is 1.07 bits per heavy atom. The molecule has 2 unspecified atom stereocenters. The van der Waals surface area contributed by atoms with Crippen LogP contribution >= 0.6 is 0 Å². The van der Waals surface area contributed by atoms with Gasteiger partial charge in [0.1, 0.15) is 6.61 Å². The van der Waals surface area contributed by atoms with E-state index in [2.05, 4.69) is 0 Å². The van der Waals surface area contributed by atoms with Crippen LogP contribution in [0.5, 0.6) is 0 Å².